The van der Waals surface area contributed by atoms with E-state index in [1.807, 2.05) is 46.8 Å². The molecule has 2 aromatic rings. The van der Waals surface area contributed by atoms with Gasteiger partial charge in [-0.1, -0.05) is 25.1 Å². The summed E-state index contributed by atoms with van der Waals surface area (Å²) in [5, 5.41) is 4.39. The number of carbonyl (C=O) groups is 1. The predicted octanol–water partition coefficient (Wildman–Crippen LogP) is 3.05. The van der Waals surface area contributed by atoms with Crippen LogP contribution in [0.5, 0.6) is 0 Å². The fraction of sp³-hybridized carbons (Fsp3) is 0.412. The molecular weight excluding hydrogens is 262 g/mol. The van der Waals surface area contributed by atoms with Crippen molar-refractivity contribution in [3.8, 4) is 5.69 Å². The quantitative estimate of drug-likeness (QED) is 0.849. The summed E-state index contributed by atoms with van der Waals surface area (Å²) in [6, 6.07) is 9.92. The molecule has 0 N–H and O–H groups in total. The van der Waals surface area contributed by atoms with Crippen LogP contribution in [0.25, 0.3) is 5.69 Å². The van der Waals surface area contributed by atoms with E-state index in [2.05, 4.69) is 12.0 Å². The van der Waals surface area contributed by atoms with Crippen molar-refractivity contribution in [1.82, 2.24) is 14.7 Å². The van der Waals surface area contributed by atoms with Crippen molar-refractivity contribution in [3.05, 3.63) is 47.8 Å². The number of hydrogen-bond donors (Lipinski definition) is 0. The van der Waals surface area contributed by atoms with Crippen LogP contribution in [0.4, 0.5) is 0 Å². The van der Waals surface area contributed by atoms with Crippen LogP contribution in [0.1, 0.15) is 35.8 Å². The number of rotatable bonds is 2. The Labute approximate surface area is 125 Å². The summed E-state index contributed by atoms with van der Waals surface area (Å²) in [6.45, 7) is 5.88. The van der Waals surface area contributed by atoms with Crippen LogP contribution in [0, 0.1) is 12.8 Å². The lowest BCUT2D eigenvalue weighted by atomic mass is 9.99. The minimum atomic E-state index is 0.112. The zero-order valence-electron chi connectivity index (χ0n) is 12.6. The summed E-state index contributed by atoms with van der Waals surface area (Å²) >= 11 is 0. The van der Waals surface area contributed by atoms with E-state index < -0.39 is 0 Å². The molecule has 4 nitrogen and oxygen atoms in total. The number of piperidine rings is 1. The fourth-order valence-electron chi connectivity index (χ4n) is 2.99. The van der Waals surface area contributed by atoms with Gasteiger partial charge in [0, 0.05) is 13.1 Å². The maximum Gasteiger partial charge on any atom is 0.257 e. The van der Waals surface area contributed by atoms with E-state index in [4.69, 9.17) is 0 Å². The Balaban J connectivity index is 1.87. The smallest absolute Gasteiger partial charge is 0.257 e. The second-order valence-corrected chi connectivity index (χ2v) is 5.89. The lowest BCUT2D eigenvalue weighted by molar-refractivity contribution is 0.0682. The number of para-hydroxylation sites is 1. The van der Waals surface area contributed by atoms with Gasteiger partial charge in [0.05, 0.1) is 23.1 Å². The van der Waals surface area contributed by atoms with Gasteiger partial charge in [0.15, 0.2) is 0 Å². The second kappa shape index (κ2) is 5.72. The minimum absolute atomic E-state index is 0.112. The van der Waals surface area contributed by atoms with Gasteiger partial charge in [0.1, 0.15) is 0 Å². The number of likely N-dealkylation sites (tertiary alicyclic amines) is 1. The topological polar surface area (TPSA) is 38.1 Å². The summed E-state index contributed by atoms with van der Waals surface area (Å²) in [7, 11) is 0. The van der Waals surface area contributed by atoms with Crippen LogP contribution in [0.15, 0.2) is 36.5 Å². The molecule has 1 fully saturated rings. The molecule has 110 valence electrons. The Morgan fingerprint density at radius 2 is 2.05 bits per heavy atom. The maximum absolute atomic E-state index is 12.7. The molecule has 0 radical (unpaired) electrons. The van der Waals surface area contributed by atoms with Crippen molar-refractivity contribution in [2.45, 2.75) is 26.7 Å². The van der Waals surface area contributed by atoms with E-state index in [-0.39, 0.29) is 5.91 Å². The highest BCUT2D eigenvalue weighted by Crippen LogP contribution is 2.20. The van der Waals surface area contributed by atoms with Gasteiger partial charge in [-0.05, 0) is 37.8 Å². The third kappa shape index (κ3) is 2.71. The molecule has 1 aliphatic rings. The molecule has 0 saturated carbocycles. The zero-order valence-corrected chi connectivity index (χ0v) is 12.6. The Morgan fingerprint density at radius 1 is 1.29 bits per heavy atom. The normalized spacial score (nSPS) is 18.8. The van der Waals surface area contributed by atoms with E-state index in [0.29, 0.717) is 11.5 Å². The first kappa shape index (κ1) is 13.9. The fourth-order valence-corrected chi connectivity index (χ4v) is 2.99. The summed E-state index contributed by atoms with van der Waals surface area (Å²) in [5.41, 5.74) is 2.61. The average Bonchev–Trinajstić information content (AvgIpc) is 2.89. The molecule has 0 spiro atoms. The number of nitrogens with zero attached hydrogens (tertiary/aromatic N) is 3. The first-order chi connectivity index (χ1) is 10.2. The number of hydrogen-bond acceptors (Lipinski definition) is 2. The average molecular weight is 283 g/mol. The highest BCUT2D eigenvalue weighted by Gasteiger charge is 2.25. The molecule has 0 bridgehead atoms. The summed E-state index contributed by atoms with van der Waals surface area (Å²) in [6.07, 6.45) is 4.01. The third-order valence-corrected chi connectivity index (χ3v) is 4.19. The Hall–Kier alpha value is -2.10. The van der Waals surface area contributed by atoms with Crippen molar-refractivity contribution in [1.29, 1.82) is 0 Å². The molecule has 4 heteroatoms. The predicted molar refractivity (Wildman–Crippen MR) is 82.6 cm³/mol. The minimum Gasteiger partial charge on any atom is -0.338 e. The summed E-state index contributed by atoms with van der Waals surface area (Å²) in [4.78, 5) is 14.6. The van der Waals surface area contributed by atoms with Crippen LogP contribution in [-0.4, -0.2) is 33.7 Å². The molecule has 1 aromatic carbocycles. The van der Waals surface area contributed by atoms with Gasteiger partial charge in [-0.15, -0.1) is 0 Å². The molecular formula is C17H21N3O. The number of carbonyl (C=O) groups excluding carboxylic acids is 1. The van der Waals surface area contributed by atoms with Crippen LogP contribution in [0.3, 0.4) is 0 Å². The highest BCUT2D eigenvalue weighted by molar-refractivity contribution is 5.95. The van der Waals surface area contributed by atoms with Gasteiger partial charge in [-0.25, -0.2) is 4.68 Å². The van der Waals surface area contributed by atoms with Gasteiger partial charge in [-0.2, -0.15) is 5.10 Å². The third-order valence-electron chi connectivity index (χ3n) is 4.19. The molecule has 1 atom stereocenters. The lowest BCUT2D eigenvalue weighted by Crippen LogP contribution is -2.39. The number of aromatic nitrogens is 2. The lowest BCUT2D eigenvalue weighted by Gasteiger charge is -2.30. The SMILES string of the molecule is Cc1c(C(=O)N2CCCC(C)C2)cnn1-c1ccccc1. The summed E-state index contributed by atoms with van der Waals surface area (Å²) in [5.74, 6) is 0.702. The Kier molecular flexibility index (Phi) is 3.78. The molecule has 2 heterocycles. The van der Waals surface area contributed by atoms with Crippen molar-refractivity contribution < 1.29 is 4.79 Å². The standard InChI is InChI=1S/C17H21N3O/c1-13-7-6-10-19(12-13)17(21)16-11-18-20(14(16)2)15-8-4-3-5-9-15/h3-5,8-9,11,13H,6-7,10,12H2,1-2H3. The first-order valence-corrected chi connectivity index (χ1v) is 7.56. The second-order valence-electron chi connectivity index (χ2n) is 5.89. The highest BCUT2D eigenvalue weighted by atomic mass is 16.2. The van der Waals surface area contributed by atoms with E-state index in [0.717, 1.165) is 30.9 Å². The molecule has 1 aliphatic heterocycles. The van der Waals surface area contributed by atoms with Gasteiger partial charge >= 0.3 is 0 Å². The largest absolute Gasteiger partial charge is 0.338 e. The van der Waals surface area contributed by atoms with Gasteiger partial charge in [0.25, 0.3) is 5.91 Å². The van der Waals surface area contributed by atoms with Gasteiger partial charge < -0.3 is 4.90 Å². The molecule has 0 aliphatic carbocycles. The van der Waals surface area contributed by atoms with E-state index in [9.17, 15) is 4.79 Å². The van der Waals surface area contributed by atoms with E-state index >= 15 is 0 Å². The van der Waals surface area contributed by atoms with Crippen LogP contribution in [0.2, 0.25) is 0 Å². The maximum atomic E-state index is 12.7. The summed E-state index contributed by atoms with van der Waals surface area (Å²) < 4.78 is 1.83. The van der Waals surface area contributed by atoms with Gasteiger partial charge in [0.2, 0.25) is 0 Å². The number of amides is 1. The van der Waals surface area contributed by atoms with Crippen LogP contribution >= 0.6 is 0 Å². The van der Waals surface area contributed by atoms with Crippen LogP contribution < -0.4 is 0 Å². The molecule has 1 unspecified atom stereocenters. The van der Waals surface area contributed by atoms with Crippen molar-refractivity contribution >= 4 is 5.91 Å². The Morgan fingerprint density at radius 3 is 2.76 bits per heavy atom. The number of benzene rings is 1. The monoisotopic (exact) mass is 283 g/mol. The Bertz CT molecular complexity index is 633. The van der Waals surface area contributed by atoms with Crippen molar-refractivity contribution in [3.63, 3.8) is 0 Å². The van der Waals surface area contributed by atoms with E-state index in [1.54, 1.807) is 6.20 Å². The van der Waals surface area contributed by atoms with Gasteiger partial charge in [-0.3, -0.25) is 4.79 Å². The molecule has 3 rings (SSSR count). The zero-order chi connectivity index (χ0) is 14.8. The first-order valence-electron chi connectivity index (χ1n) is 7.56. The van der Waals surface area contributed by atoms with Crippen molar-refractivity contribution in [2.24, 2.45) is 5.92 Å². The molecule has 21 heavy (non-hydrogen) atoms. The molecule has 1 aromatic heterocycles. The van der Waals surface area contributed by atoms with Crippen molar-refractivity contribution in [2.75, 3.05) is 13.1 Å². The van der Waals surface area contributed by atoms with Crippen LogP contribution in [-0.2, 0) is 0 Å². The molecule has 1 amide bonds. The molecule has 1 saturated heterocycles. The van der Waals surface area contributed by atoms with E-state index in [1.165, 1.54) is 6.42 Å².